The molecule has 1 saturated heterocycles. The molecule has 1 aliphatic heterocycles. The molecule has 6 heteroatoms. The van der Waals surface area contributed by atoms with Gasteiger partial charge in [-0.1, -0.05) is 0 Å². The monoisotopic (exact) mass is 329 g/mol. The summed E-state index contributed by atoms with van der Waals surface area (Å²) in [7, 11) is 0. The van der Waals surface area contributed by atoms with Gasteiger partial charge in [-0.2, -0.15) is 10.2 Å². The van der Waals surface area contributed by atoms with Crippen molar-refractivity contribution >= 4 is 5.91 Å². The van der Waals surface area contributed by atoms with E-state index in [0.29, 0.717) is 12.5 Å². The predicted octanol–water partition coefficient (Wildman–Crippen LogP) is 2.82. The number of carbonyl (C=O) groups is 1. The highest BCUT2D eigenvalue weighted by molar-refractivity contribution is 5.76. The largest absolute Gasteiger partial charge is 0.340 e. The van der Waals surface area contributed by atoms with Crippen molar-refractivity contribution in [3.05, 3.63) is 35.4 Å². The van der Waals surface area contributed by atoms with E-state index >= 15 is 0 Å². The van der Waals surface area contributed by atoms with Crippen molar-refractivity contribution in [1.29, 1.82) is 0 Å². The second-order valence-corrected chi connectivity index (χ2v) is 7.06. The molecule has 3 rings (SSSR count). The number of aryl methyl sites for hydroxylation is 3. The Morgan fingerprint density at radius 1 is 1.38 bits per heavy atom. The summed E-state index contributed by atoms with van der Waals surface area (Å²) in [6.07, 6.45) is 6.55. The summed E-state index contributed by atoms with van der Waals surface area (Å²) in [4.78, 5) is 14.7. The first-order chi connectivity index (χ1) is 11.4. The van der Waals surface area contributed by atoms with Gasteiger partial charge in [0.05, 0.1) is 24.0 Å². The van der Waals surface area contributed by atoms with Crippen molar-refractivity contribution in [2.45, 2.75) is 59.0 Å². The molecule has 24 heavy (non-hydrogen) atoms. The van der Waals surface area contributed by atoms with Crippen molar-refractivity contribution in [2.75, 3.05) is 13.1 Å². The maximum absolute atomic E-state index is 12.7. The zero-order valence-corrected chi connectivity index (χ0v) is 15.1. The average molecular weight is 329 g/mol. The van der Waals surface area contributed by atoms with E-state index in [2.05, 4.69) is 29.4 Å². The fourth-order valence-electron chi connectivity index (χ4n) is 3.59. The summed E-state index contributed by atoms with van der Waals surface area (Å²) in [5.41, 5.74) is 3.27. The third-order valence-electron chi connectivity index (χ3n) is 4.79. The van der Waals surface area contributed by atoms with E-state index in [4.69, 9.17) is 0 Å². The summed E-state index contributed by atoms with van der Waals surface area (Å²) < 4.78 is 3.98. The molecule has 3 heterocycles. The van der Waals surface area contributed by atoms with Gasteiger partial charge < -0.3 is 4.90 Å². The van der Waals surface area contributed by atoms with Crippen molar-refractivity contribution in [2.24, 2.45) is 0 Å². The number of carbonyl (C=O) groups excluding carboxylic acids is 1. The summed E-state index contributed by atoms with van der Waals surface area (Å²) in [6.45, 7) is 9.74. The first-order valence-corrected chi connectivity index (χ1v) is 8.75. The first kappa shape index (κ1) is 16.7. The van der Waals surface area contributed by atoms with Crippen LogP contribution in [0.3, 0.4) is 0 Å². The fourth-order valence-corrected chi connectivity index (χ4v) is 3.59. The standard InChI is InChI=1S/C18H27N5O/c1-13-10-19-22(11-13)17-6-5-7-21(12-17)18(24)9-16(4)23-15(3)8-14(2)20-23/h8,10-11,16-17H,5-7,9,12H2,1-4H3/t16-,17+/m1/s1. The van der Waals surface area contributed by atoms with E-state index in [9.17, 15) is 4.79 Å². The van der Waals surface area contributed by atoms with Crippen LogP contribution >= 0.6 is 0 Å². The Balaban J connectivity index is 1.63. The number of piperidine rings is 1. The third kappa shape index (κ3) is 3.52. The zero-order chi connectivity index (χ0) is 17.3. The number of hydrogen-bond acceptors (Lipinski definition) is 3. The number of likely N-dealkylation sites (tertiary alicyclic amines) is 1. The lowest BCUT2D eigenvalue weighted by atomic mass is 10.0. The SMILES string of the molecule is Cc1cnn([C@H]2CCCN(C(=O)C[C@@H](C)n3nc(C)cc3C)C2)c1. The van der Waals surface area contributed by atoms with Crippen LogP contribution in [0.25, 0.3) is 0 Å². The molecule has 2 atom stereocenters. The molecule has 2 aromatic rings. The molecule has 0 aliphatic carbocycles. The molecule has 0 spiro atoms. The molecule has 0 bridgehead atoms. The molecule has 0 aromatic carbocycles. The molecule has 0 unspecified atom stereocenters. The van der Waals surface area contributed by atoms with E-state index in [1.54, 1.807) is 0 Å². The van der Waals surface area contributed by atoms with E-state index < -0.39 is 0 Å². The predicted molar refractivity (Wildman–Crippen MR) is 92.8 cm³/mol. The lowest BCUT2D eigenvalue weighted by molar-refractivity contribution is -0.133. The molecule has 2 aromatic heterocycles. The molecular weight excluding hydrogens is 302 g/mol. The molecule has 1 aliphatic rings. The minimum absolute atomic E-state index is 0.0820. The second-order valence-electron chi connectivity index (χ2n) is 7.06. The summed E-state index contributed by atoms with van der Waals surface area (Å²) in [5.74, 6) is 0.212. The van der Waals surface area contributed by atoms with E-state index in [1.165, 1.54) is 0 Å². The summed E-state index contributed by atoms with van der Waals surface area (Å²) in [5, 5.41) is 8.93. The maximum Gasteiger partial charge on any atom is 0.224 e. The Kier molecular flexibility index (Phi) is 4.73. The van der Waals surface area contributed by atoms with Gasteiger partial charge in [0, 0.05) is 31.4 Å². The number of hydrogen-bond donors (Lipinski definition) is 0. The molecule has 1 fully saturated rings. The van der Waals surface area contributed by atoms with E-state index in [0.717, 1.165) is 42.9 Å². The van der Waals surface area contributed by atoms with E-state index in [-0.39, 0.29) is 11.9 Å². The quantitative estimate of drug-likeness (QED) is 0.867. The van der Waals surface area contributed by atoms with Crippen LogP contribution in [-0.4, -0.2) is 43.5 Å². The highest BCUT2D eigenvalue weighted by atomic mass is 16.2. The Morgan fingerprint density at radius 2 is 2.17 bits per heavy atom. The lowest BCUT2D eigenvalue weighted by Gasteiger charge is -2.33. The second kappa shape index (κ2) is 6.79. The molecule has 6 nitrogen and oxygen atoms in total. The van der Waals surface area contributed by atoms with Crippen molar-refractivity contribution in [1.82, 2.24) is 24.5 Å². The topological polar surface area (TPSA) is 56.0 Å². The van der Waals surface area contributed by atoms with Crippen LogP contribution in [0.4, 0.5) is 0 Å². The van der Waals surface area contributed by atoms with Gasteiger partial charge in [-0.3, -0.25) is 14.2 Å². The van der Waals surface area contributed by atoms with Crippen LogP contribution in [0.15, 0.2) is 18.5 Å². The van der Waals surface area contributed by atoms with Gasteiger partial charge >= 0.3 is 0 Å². The van der Waals surface area contributed by atoms with Crippen molar-refractivity contribution in [3.8, 4) is 0 Å². The van der Waals surface area contributed by atoms with Crippen molar-refractivity contribution < 1.29 is 4.79 Å². The van der Waals surface area contributed by atoms with Crippen LogP contribution in [0.1, 0.15) is 55.2 Å². The van der Waals surface area contributed by atoms with Gasteiger partial charge in [0.15, 0.2) is 0 Å². The van der Waals surface area contributed by atoms with Gasteiger partial charge in [0.1, 0.15) is 0 Å². The molecule has 0 saturated carbocycles. The minimum Gasteiger partial charge on any atom is -0.340 e. The van der Waals surface area contributed by atoms with Gasteiger partial charge in [0.25, 0.3) is 0 Å². The van der Waals surface area contributed by atoms with E-state index in [1.807, 2.05) is 41.2 Å². The number of aromatic nitrogens is 4. The highest BCUT2D eigenvalue weighted by Crippen LogP contribution is 2.23. The third-order valence-corrected chi connectivity index (χ3v) is 4.79. The van der Waals surface area contributed by atoms with Crippen LogP contribution in [0.5, 0.6) is 0 Å². The summed E-state index contributed by atoms with van der Waals surface area (Å²) in [6, 6.07) is 2.43. The molecule has 0 N–H and O–H groups in total. The van der Waals surface area contributed by atoms with Crippen molar-refractivity contribution in [3.63, 3.8) is 0 Å². The number of nitrogens with zero attached hydrogens (tertiary/aromatic N) is 5. The Morgan fingerprint density at radius 3 is 2.79 bits per heavy atom. The zero-order valence-electron chi connectivity index (χ0n) is 15.1. The van der Waals surface area contributed by atoms with Crippen LogP contribution in [0.2, 0.25) is 0 Å². The average Bonchev–Trinajstić information content (AvgIpc) is 3.12. The van der Waals surface area contributed by atoms with Crippen LogP contribution in [0, 0.1) is 20.8 Å². The molecular formula is C18H27N5O. The molecule has 130 valence electrons. The maximum atomic E-state index is 12.7. The number of rotatable bonds is 4. The van der Waals surface area contributed by atoms with Gasteiger partial charge in [-0.25, -0.2) is 0 Å². The first-order valence-electron chi connectivity index (χ1n) is 8.75. The smallest absolute Gasteiger partial charge is 0.224 e. The Bertz CT molecular complexity index is 717. The Hall–Kier alpha value is -2.11. The highest BCUT2D eigenvalue weighted by Gasteiger charge is 2.26. The fraction of sp³-hybridized carbons (Fsp3) is 0.611. The van der Waals surface area contributed by atoms with Gasteiger partial charge in [-0.05, 0) is 52.2 Å². The van der Waals surface area contributed by atoms with Gasteiger partial charge in [-0.15, -0.1) is 0 Å². The number of amides is 1. The minimum atomic E-state index is 0.0820. The molecule has 1 amide bonds. The van der Waals surface area contributed by atoms with Crippen LogP contribution < -0.4 is 0 Å². The Labute approximate surface area is 143 Å². The normalized spacial score (nSPS) is 19.5. The van der Waals surface area contributed by atoms with Gasteiger partial charge in [0.2, 0.25) is 5.91 Å². The molecule has 0 radical (unpaired) electrons. The summed E-state index contributed by atoms with van der Waals surface area (Å²) >= 11 is 0. The van der Waals surface area contributed by atoms with Crippen LogP contribution in [-0.2, 0) is 4.79 Å². The lowest BCUT2D eigenvalue weighted by Crippen LogP contribution is -2.41.